The number of carboxylic acids is 1. The first-order valence-electron chi connectivity index (χ1n) is 12.1. The van der Waals surface area contributed by atoms with E-state index in [4.69, 9.17) is 0 Å². The zero-order valence-corrected chi connectivity index (χ0v) is 20.8. The van der Waals surface area contributed by atoms with Crippen LogP contribution in [-0.4, -0.2) is 59.4 Å². The van der Waals surface area contributed by atoms with Crippen LogP contribution in [0.25, 0.3) is 0 Å². The van der Waals surface area contributed by atoms with Gasteiger partial charge in [0.1, 0.15) is 0 Å². The highest BCUT2D eigenvalue weighted by atomic mass is 19.4. The highest BCUT2D eigenvalue weighted by Gasteiger charge is 2.40. The maximum atomic E-state index is 13.1. The van der Waals surface area contributed by atoms with Crippen molar-refractivity contribution in [3.05, 3.63) is 65.2 Å². The molecule has 1 saturated heterocycles. The minimum atomic E-state index is -4.60. The molecule has 39 heavy (non-hydrogen) atoms. The largest absolute Gasteiger partial charge is 0.481 e. The van der Waals surface area contributed by atoms with Crippen molar-refractivity contribution in [3.63, 3.8) is 0 Å². The summed E-state index contributed by atoms with van der Waals surface area (Å²) in [5, 5.41) is 14.5. The quantitative estimate of drug-likeness (QED) is 0.377. The highest BCUT2D eigenvalue weighted by Crippen LogP contribution is 2.31. The Hall–Kier alpha value is -3.61. The van der Waals surface area contributed by atoms with Crippen LogP contribution in [-0.2, 0) is 33.2 Å². The molecule has 3 N–H and O–H groups in total. The van der Waals surface area contributed by atoms with Crippen LogP contribution in [0.2, 0.25) is 0 Å². The molecule has 1 heterocycles. The lowest BCUT2D eigenvalue weighted by molar-refractivity contribution is -0.141. The van der Waals surface area contributed by atoms with Gasteiger partial charge in [0.05, 0.1) is 35.7 Å². The first-order valence-corrected chi connectivity index (χ1v) is 12.1. The van der Waals surface area contributed by atoms with Gasteiger partial charge in [0.2, 0.25) is 5.91 Å². The van der Waals surface area contributed by atoms with Crippen LogP contribution in [0.4, 0.5) is 32.0 Å². The van der Waals surface area contributed by atoms with Gasteiger partial charge in [-0.25, -0.2) is 0 Å². The number of amides is 1. The van der Waals surface area contributed by atoms with E-state index in [2.05, 4.69) is 10.6 Å². The third-order valence-corrected chi connectivity index (χ3v) is 6.54. The summed E-state index contributed by atoms with van der Waals surface area (Å²) in [5.74, 6) is -3.10. The van der Waals surface area contributed by atoms with E-state index in [1.165, 1.54) is 18.2 Å². The molecule has 2 aromatic carbocycles. The number of halogens is 6. The van der Waals surface area contributed by atoms with Gasteiger partial charge in [-0.3, -0.25) is 19.3 Å². The Kier molecular flexibility index (Phi) is 9.26. The van der Waals surface area contributed by atoms with Crippen LogP contribution >= 0.6 is 0 Å². The van der Waals surface area contributed by atoms with Crippen molar-refractivity contribution in [2.24, 2.45) is 5.92 Å². The molecule has 212 valence electrons. The molecule has 1 fully saturated rings. The molecule has 13 heteroatoms. The second kappa shape index (κ2) is 12.1. The molecule has 1 aliphatic rings. The van der Waals surface area contributed by atoms with Crippen LogP contribution < -0.4 is 10.6 Å². The predicted molar refractivity (Wildman–Crippen MR) is 129 cm³/mol. The molecule has 0 aliphatic carbocycles. The van der Waals surface area contributed by atoms with Crippen LogP contribution in [0, 0.1) is 5.92 Å². The zero-order valence-electron chi connectivity index (χ0n) is 20.8. The average molecular weight is 560 g/mol. The molecule has 3 atom stereocenters. The van der Waals surface area contributed by atoms with E-state index in [-0.39, 0.29) is 25.1 Å². The van der Waals surface area contributed by atoms with E-state index >= 15 is 0 Å². The molecule has 0 spiro atoms. The van der Waals surface area contributed by atoms with Gasteiger partial charge in [-0.2, -0.15) is 26.3 Å². The number of anilines is 1. The number of Topliss-reactive ketones (excluding diaryl/α,β-unsaturated/α-hetero) is 1. The van der Waals surface area contributed by atoms with Crippen molar-refractivity contribution in [2.75, 3.05) is 25.0 Å². The number of aliphatic carboxylic acids is 1. The van der Waals surface area contributed by atoms with E-state index in [0.29, 0.717) is 12.1 Å². The van der Waals surface area contributed by atoms with E-state index in [0.717, 1.165) is 30.3 Å². The number of nitrogens with zero attached hydrogens (tertiary/aromatic N) is 1. The van der Waals surface area contributed by atoms with Gasteiger partial charge in [-0.05, 0) is 55.3 Å². The molecule has 1 amide bonds. The zero-order chi connectivity index (χ0) is 29.0. The van der Waals surface area contributed by atoms with E-state index < -0.39 is 65.7 Å². The van der Waals surface area contributed by atoms with Crippen molar-refractivity contribution in [1.82, 2.24) is 10.2 Å². The molecule has 3 unspecified atom stereocenters. The van der Waals surface area contributed by atoms with Crippen molar-refractivity contribution in [1.29, 1.82) is 0 Å². The summed E-state index contributed by atoms with van der Waals surface area (Å²) in [6.45, 7) is 1.77. The summed E-state index contributed by atoms with van der Waals surface area (Å²) in [6, 6.07) is 6.12. The Morgan fingerprint density at radius 1 is 1.00 bits per heavy atom. The SMILES string of the molecule is CCN1CC(C(=O)O)CC1C(=O)NC(Cc1ccc(C(F)(F)F)cc1)C(=O)CNc1cccc(C(F)(F)F)c1. The van der Waals surface area contributed by atoms with Crippen molar-refractivity contribution in [3.8, 4) is 0 Å². The molecular weight excluding hydrogens is 532 g/mol. The molecule has 1 aliphatic heterocycles. The van der Waals surface area contributed by atoms with E-state index in [9.17, 15) is 45.8 Å². The number of benzene rings is 2. The number of nitrogens with one attached hydrogen (secondary N) is 2. The fourth-order valence-corrected chi connectivity index (χ4v) is 4.40. The number of likely N-dealkylation sites (tertiary alicyclic amines) is 1. The molecule has 2 aromatic rings. The van der Waals surface area contributed by atoms with Crippen molar-refractivity contribution in [2.45, 2.75) is 44.2 Å². The van der Waals surface area contributed by atoms with Crippen LogP contribution in [0.1, 0.15) is 30.0 Å². The first kappa shape index (κ1) is 29.9. The molecule has 3 rings (SSSR count). The van der Waals surface area contributed by atoms with Crippen LogP contribution in [0.5, 0.6) is 0 Å². The lowest BCUT2D eigenvalue weighted by atomic mass is 9.99. The molecular formula is C26H27F6N3O4. The molecule has 7 nitrogen and oxygen atoms in total. The third kappa shape index (κ3) is 7.94. The lowest BCUT2D eigenvalue weighted by Crippen LogP contribution is -2.51. The van der Waals surface area contributed by atoms with Crippen LogP contribution in [0.15, 0.2) is 48.5 Å². The Morgan fingerprint density at radius 2 is 1.64 bits per heavy atom. The highest BCUT2D eigenvalue weighted by molar-refractivity contribution is 5.93. The van der Waals surface area contributed by atoms with E-state index in [1.54, 1.807) is 11.8 Å². The molecule has 0 bridgehead atoms. The fourth-order valence-electron chi connectivity index (χ4n) is 4.40. The molecule has 0 saturated carbocycles. The summed E-state index contributed by atoms with van der Waals surface area (Å²) in [6.07, 6.45) is -9.34. The topological polar surface area (TPSA) is 98.7 Å². The van der Waals surface area contributed by atoms with Gasteiger partial charge in [0.15, 0.2) is 5.78 Å². The number of carboxylic acid groups (broad SMARTS) is 1. The van der Waals surface area contributed by atoms with Gasteiger partial charge in [0.25, 0.3) is 0 Å². The monoisotopic (exact) mass is 559 g/mol. The van der Waals surface area contributed by atoms with Crippen molar-refractivity contribution < 1.29 is 45.8 Å². The third-order valence-electron chi connectivity index (χ3n) is 6.54. The summed E-state index contributed by atoms with van der Waals surface area (Å²) in [5.41, 5.74) is -1.50. The predicted octanol–water partition coefficient (Wildman–Crippen LogP) is 4.23. The summed E-state index contributed by atoms with van der Waals surface area (Å²) in [7, 11) is 0. The van der Waals surface area contributed by atoms with Gasteiger partial charge < -0.3 is 15.7 Å². The summed E-state index contributed by atoms with van der Waals surface area (Å²) in [4.78, 5) is 39.3. The van der Waals surface area contributed by atoms with Crippen LogP contribution in [0.3, 0.4) is 0 Å². The normalized spacial score (nSPS) is 18.9. The smallest absolute Gasteiger partial charge is 0.416 e. The number of hydrogen-bond donors (Lipinski definition) is 3. The summed E-state index contributed by atoms with van der Waals surface area (Å²) < 4.78 is 77.9. The number of rotatable bonds is 10. The number of likely N-dealkylation sites (N-methyl/N-ethyl adjacent to an activating group) is 1. The number of ketones is 1. The Labute approximate surface area is 220 Å². The number of carbonyl (C=O) groups is 3. The fraction of sp³-hybridized carbons (Fsp3) is 0.423. The van der Waals surface area contributed by atoms with E-state index in [1.807, 2.05) is 0 Å². The molecule has 0 radical (unpaired) electrons. The summed E-state index contributed by atoms with van der Waals surface area (Å²) >= 11 is 0. The number of hydrogen-bond acceptors (Lipinski definition) is 5. The second-order valence-corrected chi connectivity index (χ2v) is 9.23. The standard InChI is InChI=1S/C26H27F6N3O4/c1-2-35-14-16(24(38)39)11-21(35)23(37)34-20(10-15-6-8-17(9-7-15)25(27,28)29)22(36)13-33-19-5-3-4-18(12-19)26(30,31)32/h3-9,12,16,20-21,33H,2,10-11,13-14H2,1H3,(H,34,37)(H,38,39). The minimum absolute atomic E-state index is 0.00929. The minimum Gasteiger partial charge on any atom is -0.481 e. The van der Waals surface area contributed by atoms with Gasteiger partial charge in [-0.1, -0.05) is 25.1 Å². The Bertz CT molecular complexity index is 1180. The average Bonchev–Trinajstić information content (AvgIpc) is 3.31. The maximum absolute atomic E-state index is 13.1. The number of carbonyl (C=O) groups excluding carboxylic acids is 2. The maximum Gasteiger partial charge on any atom is 0.416 e. The number of alkyl halides is 6. The van der Waals surface area contributed by atoms with Gasteiger partial charge in [0, 0.05) is 12.2 Å². The Morgan fingerprint density at radius 3 is 2.21 bits per heavy atom. The first-order chi connectivity index (χ1) is 18.2. The van der Waals surface area contributed by atoms with Gasteiger partial charge >= 0.3 is 18.3 Å². The lowest BCUT2D eigenvalue weighted by Gasteiger charge is -2.25. The van der Waals surface area contributed by atoms with Gasteiger partial charge in [-0.15, -0.1) is 0 Å². The molecule has 0 aromatic heterocycles. The Balaban J connectivity index is 1.78. The van der Waals surface area contributed by atoms with Crippen molar-refractivity contribution >= 4 is 23.3 Å². The second-order valence-electron chi connectivity index (χ2n) is 9.23.